The average molecular weight is 239 g/mol. The largest absolute Gasteiger partial charge is 0.396 e. The van der Waals surface area contributed by atoms with Crippen molar-refractivity contribution in [1.29, 1.82) is 0 Å². The molecule has 1 N–H and O–H groups in total. The van der Waals surface area contributed by atoms with E-state index in [4.69, 9.17) is 0 Å². The molecule has 0 aliphatic heterocycles. The Bertz CT molecular complexity index is 349. The highest BCUT2D eigenvalue weighted by Crippen LogP contribution is 2.53. The summed E-state index contributed by atoms with van der Waals surface area (Å²) in [6, 6.07) is 2.56. The minimum atomic E-state index is 0.110. The van der Waals surface area contributed by atoms with E-state index in [0.29, 0.717) is 12.6 Å². The van der Waals surface area contributed by atoms with Gasteiger partial charge < -0.3 is 10.0 Å². The van der Waals surface area contributed by atoms with E-state index in [1.807, 2.05) is 11.3 Å². The van der Waals surface area contributed by atoms with Gasteiger partial charge in [-0.3, -0.25) is 0 Å². The van der Waals surface area contributed by atoms with Crippen molar-refractivity contribution >= 4 is 11.3 Å². The van der Waals surface area contributed by atoms with Crippen molar-refractivity contribution in [2.75, 3.05) is 20.7 Å². The Morgan fingerprint density at radius 3 is 2.50 bits per heavy atom. The normalized spacial score (nSPS) is 20.8. The second-order valence-corrected chi connectivity index (χ2v) is 6.16. The first-order chi connectivity index (χ1) is 7.60. The van der Waals surface area contributed by atoms with Crippen molar-refractivity contribution in [1.82, 2.24) is 4.90 Å². The van der Waals surface area contributed by atoms with Crippen LogP contribution in [-0.4, -0.2) is 30.7 Å². The van der Waals surface area contributed by atoms with E-state index in [9.17, 15) is 5.11 Å². The molecule has 0 saturated heterocycles. The molecule has 0 spiro atoms. The van der Waals surface area contributed by atoms with Crippen LogP contribution in [0.2, 0.25) is 0 Å². The fraction of sp³-hybridized carbons (Fsp3) is 0.692. The topological polar surface area (TPSA) is 23.5 Å². The number of nitrogens with zero attached hydrogens (tertiary/aromatic N) is 1. The van der Waals surface area contributed by atoms with E-state index < -0.39 is 0 Å². The minimum Gasteiger partial charge on any atom is -0.396 e. The predicted octanol–water partition coefficient (Wildman–Crippen LogP) is 2.82. The molecule has 0 radical (unpaired) electrons. The van der Waals surface area contributed by atoms with Gasteiger partial charge in [0.15, 0.2) is 0 Å². The monoisotopic (exact) mass is 239 g/mol. The summed E-state index contributed by atoms with van der Waals surface area (Å²) in [5.41, 5.74) is 1.47. The van der Waals surface area contributed by atoms with Gasteiger partial charge in [-0.25, -0.2) is 0 Å². The van der Waals surface area contributed by atoms with Crippen LogP contribution < -0.4 is 0 Å². The first-order valence-electron chi connectivity index (χ1n) is 5.92. The Hall–Kier alpha value is -0.380. The molecule has 1 saturated carbocycles. The molecule has 1 atom stereocenters. The summed E-state index contributed by atoms with van der Waals surface area (Å²) in [4.78, 5) is 3.70. The van der Waals surface area contributed by atoms with Gasteiger partial charge in [0.05, 0.1) is 12.6 Å². The molecule has 0 bridgehead atoms. The zero-order chi connectivity index (χ0) is 11.8. The highest BCUT2D eigenvalue weighted by Gasteiger charge is 2.46. The molecule has 1 unspecified atom stereocenters. The zero-order valence-corrected chi connectivity index (χ0v) is 11.2. The van der Waals surface area contributed by atoms with Crippen LogP contribution in [0.25, 0.3) is 0 Å². The van der Waals surface area contributed by atoms with Gasteiger partial charge in [-0.05, 0) is 50.9 Å². The Balaban J connectivity index is 2.34. The van der Waals surface area contributed by atoms with E-state index in [2.05, 4.69) is 37.4 Å². The van der Waals surface area contributed by atoms with Crippen molar-refractivity contribution in [3.8, 4) is 0 Å². The fourth-order valence-corrected chi connectivity index (χ4v) is 4.14. The maximum Gasteiger partial charge on any atom is 0.0516 e. The minimum absolute atomic E-state index is 0.110. The maximum atomic E-state index is 9.72. The fourth-order valence-electron chi connectivity index (χ4n) is 2.87. The third-order valence-electron chi connectivity index (χ3n) is 3.91. The molecular formula is C13H21NOS. The SMILES string of the molecule is Cc1ccsc1C(N(C)C)C1(CO)CCC1. The molecule has 1 fully saturated rings. The number of rotatable bonds is 4. The molecule has 1 aromatic rings. The summed E-state index contributed by atoms with van der Waals surface area (Å²) in [7, 11) is 4.25. The first-order valence-corrected chi connectivity index (χ1v) is 6.80. The molecule has 2 nitrogen and oxygen atoms in total. The van der Waals surface area contributed by atoms with Crippen LogP contribution in [0.4, 0.5) is 0 Å². The summed E-state index contributed by atoms with van der Waals surface area (Å²) < 4.78 is 0. The average Bonchev–Trinajstić information content (AvgIpc) is 2.57. The standard InChI is InChI=1S/C13H21NOS/c1-10-5-8-16-11(10)12(14(2)3)13(9-15)6-4-7-13/h5,8,12,15H,4,6-7,9H2,1-3H3. The Labute approximate surface area is 102 Å². The van der Waals surface area contributed by atoms with Gasteiger partial charge >= 0.3 is 0 Å². The van der Waals surface area contributed by atoms with Crippen molar-refractivity contribution in [2.24, 2.45) is 5.41 Å². The molecule has 1 heterocycles. The van der Waals surface area contributed by atoms with Crippen LogP contribution >= 0.6 is 11.3 Å². The van der Waals surface area contributed by atoms with E-state index in [1.54, 1.807) is 0 Å². The molecule has 0 amide bonds. The Morgan fingerprint density at radius 1 is 1.50 bits per heavy atom. The lowest BCUT2D eigenvalue weighted by Gasteiger charge is -2.49. The molecule has 2 rings (SSSR count). The van der Waals surface area contributed by atoms with Gasteiger partial charge in [0, 0.05) is 10.3 Å². The highest BCUT2D eigenvalue weighted by atomic mass is 32.1. The second-order valence-electron chi connectivity index (χ2n) is 5.21. The first kappa shape index (κ1) is 12.1. The van der Waals surface area contributed by atoms with Crippen molar-refractivity contribution in [3.05, 3.63) is 21.9 Å². The van der Waals surface area contributed by atoms with Crippen LogP contribution in [0.5, 0.6) is 0 Å². The van der Waals surface area contributed by atoms with Crippen LogP contribution in [-0.2, 0) is 0 Å². The molecule has 1 aromatic heterocycles. The highest BCUT2D eigenvalue weighted by molar-refractivity contribution is 7.10. The zero-order valence-electron chi connectivity index (χ0n) is 10.4. The number of aliphatic hydroxyl groups excluding tert-OH is 1. The van der Waals surface area contributed by atoms with Crippen LogP contribution in [0, 0.1) is 12.3 Å². The van der Waals surface area contributed by atoms with Gasteiger partial charge in [0.2, 0.25) is 0 Å². The number of aryl methyl sites for hydroxylation is 1. The lowest BCUT2D eigenvalue weighted by molar-refractivity contribution is -0.0296. The number of aliphatic hydroxyl groups is 1. The van der Waals surface area contributed by atoms with Crippen LogP contribution in [0.3, 0.4) is 0 Å². The van der Waals surface area contributed by atoms with Crippen molar-refractivity contribution in [2.45, 2.75) is 32.2 Å². The maximum absolute atomic E-state index is 9.72. The molecule has 3 heteroatoms. The third-order valence-corrected chi connectivity index (χ3v) is 4.98. The molecule has 90 valence electrons. The summed E-state index contributed by atoms with van der Waals surface area (Å²) in [5.74, 6) is 0. The quantitative estimate of drug-likeness (QED) is 0.873. The van der Waals surface area contributed by atoms with Gasteiger partial charge in [-0.1, -0.05) is 6.42 Å². The van der Waals surface area contributed by atoms with Gasteiger partial charge in [-0.2, -0.15) is 0 Å². The van der Waals surface area contributed by atoms with Crippen molar-refractivity contribution < 1.29 is 5.11 Å². The van der Waals surface area contributed by atoms with Gasteiger partial charge in [0.1, 0.15) is 0 Å². The van der Waals surface area contributed by atoms with Crippen LogP contribution in [0.1, 0.15) is 35.7 Å². The molecule has 1 aliphatic rings. The van der Waals surface area contributed by atoms with E-state index in [-0.39, 0.29) is 5.41 Å². The number of thiophene rings is 1. The molecule has 1 aliphatic carbocycles. The molecule has 0 aromatic carbocycles. The van der Waals surface area contributed by atoms with E-state index in [0.717, 1.165) is 12.8 Å². The summed E-state index contributed by atoms with van der Waals surface area (Å²) in [5, 5.41) is 11.9. The summed E-state index contributed by atoms with van der Waals surface area (Å²) in [6.45, 7) is 2.49. The summed E-state index contributed by atoms with van der Waals surface area (Å²) >= 11 is 1.82. The molecule has 16 heavy (non-hydrogen) atoms. The second kappa shape index (κ2) is 4.47. The smallest absolute Gasteiger partial charge is 0.0516 e. The van der Waals surface area contributed by atoms with Crippen LogP contribution in [0.15, 0.2) is 11.4 Å². The van der Waals surface area contributed by atoms with Gasteiger partial charge in [0.25, 0.3) is 0 Å². The Kier molecular flexibility index (Phi) is 3.38. The van der Waals surface area contributed by atoms with E-state index >= 15 is 0 Å². The lowest BCUT2D eigenvalue weighted by Crippen LogP contribution is -2.45. The Morgan fingerprint density at radius 2 is 2.19 bits per heavy atom. The number of hydrogen-bond acceptors (Lipinski definition) is 3. The number of hydrogen-bond donors (Lipinski definition) is 1. The van der Waals surface area contributed by atoms with Crippen molar-refractivity contribution in [3.63, 3.8) is 0 Å². The van der Waals surface area contributed by atoms with E-state index in [1.165, 1.54) is 16.9 Å². The summed E-state index contributed by atoms with van der Waals surface area (Å²) in [6.07, 6.45) is 3.57. The van der Waals surface area contributed by atoms with Gasteiger partial charge in [-0.15, -0.1) is 11.3 Å². The predicted molar refractivity (Wildman–Crippen MR) is 68.9 cm³/mol. The molecular weight excluding hydrogens is 218 g/mol. The third kappa shape index (κ3) is 1.81. The lowest BCUT2D eigenvalue weighted by atomic mass is 9.63.